The van der Waals surface area contributed by atoms with Crippen molar-refractivity contribution in [2.24, 2.45) is 23.7 Å². The molecule has 2 saturated heterocycles. The first-order valence-electron chi connectivity index (χ1n) is 18.2. The summed E-state index contributed by atoms with van der Waals surface area (Å²) in [6.45, 7) is 16.4. The number of carbonyl (C=O) groups is 2. The zero-order chi connectivity index (χ0) is 34.5. The molecule has 1 aromatic heterocycles. The fourth-order valence-corrected chi connectivity index (χ4v) is 7.62. The summed E-state index contributed by atoms with van der Waals surface area (Å²) in [6.07, 6.45) is 9.78. The van der Waals surface area contributed by atoms with Crippen LogP contribution in [0.5, 0.6) is 0 Å². The molecule has 48 heavy (non-hydrogen) atoms. The lowest BCUT2D eigenvalue weighted by Crippen LogP contribution is -2.44. The Bertz CT molecular complexity index is 1350. The number of pyridine rings is 1. The van der Waals surface area contributed by atoms with Crippen LogP contribution in [-0.4, -0.2) is 66.9 Å². The first kappa shape index (κ1) is 36.3. The van der Waals surface area contributed by atoms with Crippen molar-refractivity contribution in [3.05, 3.63) is 30.5 Å². The van der Waals surface area contributed by atoms with E-state index in [1.807, 2.05) is 18.2 Å². The van der Waals surface area contributed by atoms with Crippen molar-refractivity contribution in [3.63, 3.8) is 0 Å². The number of nitrogens with one attached hydrogen (secondary N) is 3. The van der Waals surface area contributed by atoms with E-state index in [0.717, 1.165) is 35.7 Å². The largest absolute Gasteiger partial charge is 0.443 e. The van der Waals surface area contributed by atoms with Gasteiger partial charge < -0.3 is 24.8 Å². The third-order valence-corrected chi connectivity index (χ3v) is 10.1. The lowest BCUT2D eigenvalue weighted by atomic mass is 9.74. The molecule has 3 unspecified atom stereocenters. The van der Waals surface area contributed by atoms with E-state index in [-0.39, 0.29) is 11.9 Å². The Balaban J connectivity index is 1.38. The van der Waals surface area contributed by atoms with Gasteiger partial charge in [0.2, 0.25) is 0 Å². The van der Waals surface area contributed by atoms with Crippen LogP contribution in [0.25, 0.3) is 10.8 Å². The number of anilines is 2. The van der Waals surface area contributed by atoms with Gasteiger partial charge in [0, 0.05) is 35.9 Å². The van der Waals surface area contributed by atoms with E-state index in [9.17, 15) is 9.59 Å². The standard InChI is InChI=1S/C38H59N5O5/c1-25-23-46-24-41-30-10-8-9-26(19-30)21-39-22-33(28-13-11-27(25)12-14-28)42-31-15-16-32-29(20-31)17-18-40-34(32)43(35(44)47-37(2,3)4)36(45)48-38(5,6)7/h15-18,20,25-28,30,33,39,41-42H,8-14,19,21-24H2,1-7H3/t25?,26?,27?,28?,30?,33-/m0/s1. The van der Waals surface area contributed by atoms with Crippen LogP contribution < -0.4 is 20.9 Å². The van der Waals surface area contributed by atoms with Crippen LogP contribution in [0, 0.1) is 23.7 Å². The van der Waals surface area contributed by atoms with Crippen molar-refractivity contribution < 1.29 is 23.8 Å². The molecule has 4 aliphatic rings. The Morgan fingerprint density at radius 3 is 2.29 bits per heavy atom. The summed E-state index contributed by atoms with van der Waals surface area (Å²) in [7, 11) is 0. The second-order valence-corrected chi connectivity index (χ2v) is 16.4. The maximum absolute atomic E-state index is 13.4. The minimum atomic E-state index is -0.826. The number of hydrogen-bond donors (Lipinski definition) is 3. The molecule has 0 spiro atoms. The fourth-order valence-electron chi connectivity index (χ4n) is 7.62. The van der Waals surface area contributed by atoms with Crippen LogP contribution in [0.2, 0.25) is 0 Å². The van der Waals surface area contributed by atoms with Gasteiger partial charge in [-0.15, -0.1) is 0 Å². The summed E-state index contributed by atoms with van der Waals surface area (Å²) in [5, 5.41) is 13.0. The quantitative estimate of drug-likeness (QED) is 0.302. The molecular weight excluding hydrogens is 606 g/mol. The number of carbonyl (C=O) groups excluding carboxylic acids is 2. The first-order chi connectivity index (χ1) is 22.8. The molecule has 10 heteroatoms. The summed E-state index contributed by atoms with van der Waals surface area (Å²) < 4.78 is 17.4. The van der Waals surface area contributed by atoms with Gasteiger partial charge in [-0.1, -0.05) is 13.3 Å². The smallest absolute Gasteiger partial charge is 0.425 e. The van der Waals surface area contributed by atoms with E-state index in [1.165, 1.54) is 51.4 Å². The number of fused-ring (bicyclic) bond motifs is 10. The molecule has 1 aromatic carbocycles. The zero-order valence-corrected chi connectivity index (χ0v) is 30.3. The molecule has 10 nitrogen and oxygen atoms in total. The Hall–Kier alpha value is -2.95. The summed E-state index contributed by atoms with van der Waals surface area (Å²) in [5.74, 6) is 2.68. The number of benzene rings is 1. The van der Waals surface area contributed by atoms with Crippen LogP contribution in [0.1, 0.15) is 99.8 Å². The highest BCUT2D eigenvalue weighted by Gasteiger charge is 2.35. The van der Waals surface area contributed by atoms with Gasteiger partial charge in [0.15, 0.2) is 5.82 Å². The average Bonchev–Trinajstić information content (AvgIpc) is 3.01. The van der Waals surface area contributed by atoms with E-state index >= 15 is 0 Å². The van der Waals surface area contributed by atoms with Gasteiger partial charge in [-0.25, -0.2) is 14.6 Å². The van der Waals surface area contributed by atoms with Crippen molar-refractivity contribution in [1.82, 2.24) is 15.6 Å². The van der Waals surface area contributed by atoms with Gasteiger partial charge in [0.25, 0.3) is 0 Å². The van der Waals surface area contributed by atoms with Crippen LogP contribution >= 0.6 is 0 Å². The van der Waals surface area contributed by atoms with Gasteiger partial charge in [-0.2, -0.15) is 4.90 Å². The van der Waals surface area contributed by atoms with Crippen molar-refractivity contribution in [2.75, 3.05) is 36.6 Å². The molecule has 2 aliphatic carbocycles. The maximum Gasteiger partial charge on any atom is 0.425 e. The number of hydrogen-bond acceptors (Lipinski definition) is 9. The van der Waals surface area contributed by atoms with Crippen molar-refractivity contribution in [3.8, 4) is 0 Å². The monoisotopic (exact) mass is 665 g/mol. The molecule has 4 atom stereocenters. The predicted molar refractivity (Wildman–Crippen MR) is 191 cm³/mol. The predicted octanol–water partition coefficient (Wildman–Crippen LogP) is 7.86. The summed E-state index contributed by atoms with van der Waals surface area (Å²) >= 11 is 0. The van der Waals surface area contributed by atoms with E-state index in [0.29, 0.717) is 41.8 Å². The molecular formula is C38H59N5O5. The fraction of sp³-hybridized carbons (Fsp3) is 0.711. The summed E-state index contributed by atoms with van der Waals surface area (Å²) in [5.41, 5.74) is -0.608. The zero-order valence-electron chi connectivity index (χ0n) is 30.3. The van der Waals surface area contributed by atoms with E-state index < -0.39 is 23.4 Å². The molecule has 4 fully saturated rings. The first-order valence-corrected chi connectivity index (χ1v) is 18.2. The van der Waals surface area contributed by atoms with Crippen molar-refractivity contribution in [2.45, 2.75) is 123 Å². The minimum absolute atomic E-state index is 0.186. The lowest BCUT2D eigenvalue weighted by Gasteiger charge is -2.38. The third kappa shape index (κ3) is 10.0. The molecule has 2 amide bonds. The highest BCUT2D eigenvalue weighted by Crippen LogP contribution is 2.37. The molecule has 0 radical (unpaired) electrons. The number of nitrogens with zero attached hydrogens (tertiary/aromatic N) is 2. The number of ether oxygens (including phenoxy) is 3. The van der Waals surface area contributed by atoms with Crippen LogP contribution in [0.15, 0.2) is 30.5 Å². The summed E-state index contributed by atoms with van der Waals surface area (Å²) in [4.78, 5) is 32.2. The molecule has 3 heterocycles. The Labute approximate surface area is 287 Å². The van der Waals surface area contributed by atoms with Gasteiger partial charge >= 0.3 is 12.2 Å². The number of aromatic nitrogens is 1. The van der Waals surface area contributed by atoms with Crippen LogP contribution in [-0.2, 0) is 14.2 Å². The molecule has 266 valence electrons. The molecule has 2 aromatic rings. The number of imide groups is 1. The average molecular weight is 666 g/mol. The highest BCUT2D eigenvalue weighted by atomic mass is 16.6. The Kier molecular flexibility index (Phi) is 11.9. The second kappa shape index (κ2) is 15.7. The minimum Gasteiger partial charge on any atom is -0.443 e. The van der Waals surface area contributed by atoms with Crippen molar-refractivity contribution in [1.29, 1.82) is 0 Å². The second-order valence-electron chi connectivity index (χ2n) is 16.4. The number of amides is 2. The molecule has 2 aliphatic heterocycles. The van der Waals surface area contributed by atoms with E-state index in [4.69, 9.17) is 14.2 Å². The van der Waals surface area contributed by atoms with Gasteiger partial charge in [0.05, 0.1) is 13.3 Å². The molecule has 6 rings (SSSR count). The Morgan fingerprint density at radius 2 is 1.60 bits per heavy atom. The lowest BCUT2D eigenvalue weighted by molar-refractivity contribution is 0.0429. The number of rotatable bonds is 3. The van der Waals surface area contributed by atoms with E-state index in [1.54, 1.807) is 47.7 Å². The van der Waals surface area contributed by atoms with Crippen molar-refractivity contribution >= 4 is 34.5 Å². The van der Waals surface area contributed by atoms with Gasteiger partial charge in [-0.3, -0.25) is 5.32 Å². The topological polar surface area (TPSA) is 114 Å². The SMILES string of the molecule is CC1COCNC2CCCC(CNC[C@H](Nc3ccc4c(N(C(=O)OC(C)(C)C)C(=O)OC(C)(C)C)nccc4c3)C3CCC1CC3)C2. The van der Waals surface area contributed by atoms with E-state index in [2.05, 4.69) is 33.9 Å². The van der Waals surface area contributed by atoms with Gasteiger partial charge in [0.1, 0.15) is 11.2 Å². The molecule has 4 bridgehead atoms. The Morgan fingerprint density at radius 1 is 0.917 bits per heavy atom. The van der Waals surface area contributed by atoms with Gasteiger partial charge in [-0.05, 0) is 146 Å². The normalized spacial score (nSPS) is 27.6. The van der Waals surface area contributed by atoms with Crippen LogP contribution in [0.3, 0.4) is 0 Å². The summed E-state index contributed by atoms with van der Waals surface area (Å²) in [6, 6.07) is 8.77. The van der Waals surface area contributed by atoms with Crippen LogP contribution in [0.4, 0.5) is 21.1 Å². The maximum atomic E-state index is 13.4. The third-order valence-electron chi connectivity index (χ3n) is 10.1. The molecule has 2 saturated carbocycles. The molecule has 3 N–H and O–H groups in total. The highest BCUT2D eigenvalue weighted by molar-refractivity contribution is 6.14.